The van der Waals surface area contributed by atoms with Crippen LogP contribution in [0.15, 0.2) is 18.2 Å². The number of methoxy groups -OCH3 is 1. The molecule has 0 bridgehead atoms. The zero-order valence-electron chi connectivity index (χ0n) is 9.14. The third-order valence-corrected chi connectivity index (χ3v) is 2.49. The number of carboxylic acid groups (broad SMARTS) is 1. The number of Topliss-reactive ketones (excluding diaryl/α,β-unsaturated/α-hetero) is 1. The summed E-state index contributed by atoms with van der Waals surface area (Å²) in [6.45, 7) is 0. The molecule has 1 aromatic carbocycles. The first-order valence-corrected chi connectivity index (χ1v) is 5.18. The Bertz CT molecular complexity index is 447. The smallest absolute Gasteiger partial charge is 0.305 e. The number of halogens is 1. The lowest BCUT2D eigenvalue weighted by atomic mass is 10.0. The predicted octanol–water partition coefficient (Wildman–Crippen LogP) is 1.33. The van der Waals surface area contributed by atoms with Crippen LogP contribution in [0.5, 0.6) is 5.75 Å². The van der Waals surface area contributed by atoms with Crippen molar-refractivity contribution in [2.24, 2.45) is 5.73 Å². The first kappa shape index (κ1) is 13.5. The van der Waals surface area contributed by atoms with Crippen molar-refractivity contribution in [1.82, 2.24) is 0 Å². The van der Waals surface area contributed by atoms with Crippen LogP contribution in [0.2, 0.25) is 5.02 Å². The predicted molar refractivity (Wildman–Crippen MR) is 62.6 cm³/mol. The van der Waals surface area contributed by atoms with Crippen molar-refractivity contribution in [2.45, 2.75) is 12.5 Å². The fourth-order valence-electron chi connectivity index (χ4n) is 1.30. The first-order chi connectivity index (χ1) is 7.95. The molecule has 92 valence electrons. The number of ether oxygens (including phenoxy) is 1. The van der Waals surface area contributed by atoms with Crippen LogP contribution in [0.1, 0.15) is 16.8 Å². The Balaban J connectivity index is 2.92. The van der Waals surface area contributed by atoms with E-state index in [1.54, 1.807) is 6.07 Å². The summed E-state index contributed by atoms with van der Waals surface area (Å²) in [5.74, 6) is -1.12. The molecule has 0 amide bonds. The van der Waals surface area contributed by atoms with Crippen molar-refractivity contribution in [3.63, 3.8) is 0 Å². The normalized spacial score (nSPS) is 11.9. The number of hydrogen-bond acceptors (Lipinski definition) is 4. The molecule has 1 aromatic rings. The number of nitrogens with two attached hydrogens (primary N) is 1. The summed E-state index contributed by atoms with van der Waals surface area (Å²) in [6, 6.07) is 3.40. The van der Waals surface area contributed by atoms with Gasteiger partial charge in [0.1, 0.15) is 5.75 Å². The van der Waals surface area contributed by atoms with Crippen LogP contribution < -0.4 is 10.5 Å². The van der Waals surface area contributed by atoms with Gasteiger partial charge < -0.3 is 15.6 Å². The molecule has 3 N–H and O–H groups in total. The zero-order valence-corrected chi connectivity index (χ0v) is 9.90. The summed E-state index contributed by atoms with van der Waals surface area (Å²) in [5.41, 5.74) is 5.66. The van der Waals surface area contributed by atoms with E-state index in [4.69, 9.17) is 27.2 Å². The van der Waals surface area contributed by atoms with Gasteiger partial charge in [-0.2, -0.15) is 0 Å². The van der Waals surface area contributed by atoms with E-state index in [2.05, 4.69) is 0 Å². The minimum Gasteiger partial charge on any atom is -0.497 e. The highest BCUT2D eigenvalue weighted by atomic mass is 35.5. The molecule has 0 heterocycles. The Kier molecular flexibility index (Phi) is 4.48. The van der Waals surface area contributed by atoms with E-state index in [0.717, 1.165) is 0 Å². The highest BCUT2D eigenvalue weighted by molar-refractivity contribution is 6.34. The third kappa shape index (κ3) is 3.44. The number of carbonyl (C=O) groups excluding carboxylic acids is 1. The van der Waals surface area contributed by atoms with Gasteiger partial charge in [-0.1, -0.05) is 11.6 Å². The molecule has 17 heavy (non-hydrogen) atoms. The van der Waals surface area contributed by atoms with Crippen molar-refractivity contribution < 1.29 is 19.4 Å². The monoisotopic (exact) mass is 257 g/mol. The van der Waals surface area contributed by atoms with Gasteiger partial charge in [0.25, 0.3) is 0 Å². The van der Waals surface area contributed by atoms with Gasteiger partial charge in [0, 0.05) is 5.56 Å². The summed E-state index contributed by atoms with van der Waals surface area (Å²) in [7, 11) is 1.48. The first-order valence-electron chi connectivity index (χ1n) is 4.81. The molecule has 5 nitrogen and oxygen atoms in total. The lowest BCUT2D eigenvalue weighted by molar-refractivity contribution is -0.137. The van der Waals surface area contributed by atoms with E-state index in [0.29, 0.717) is 5.75 Å². The molecule has 0 aliphatic heterocycles. The Hall–Kier alpha value is -1.59. The van der Waals surface area contributed by atoms with Gasteiger partial charge in [-0.15, -0.1) is 0 Å². The van der Waals surface area contributed by atoms with Gasteiger partial charge in [0.2, 0.25) is 0 Å². The van der Waals surface area contributed by atoms with Crippen molar-refractivity contribution >= 4 is 23.4 Å². The number of aliphatic carboxylic acids is 1. The van der Waals surface area contributed by atoms with E-state index in [1.807, 2.05) is 0 Å². The summed E-state index contributed by atoms with van der Waals surface area (Å²) < 4.78 is 4.93. The molecular weight excluding hydrogens is 246 g/mol. The Morgan fingerprint density at radius 2 is 2.18 bits per heavy atom. The lowest BCUT2D eigenvalue weighted by Crippen LogP contribution is -2.33. The number of benzene rings is 1. The van der Waals surface area contributed by atoms with Gasteiger partial charge >= 0.3 is 5.97 Å². The fraction of sp³-hybridized carbons (Fsp3) is 0.273. The molecule has 0 saturated carbocycles. The molecule has 1 atom stereocenters. The molecule has 1 unspecified atom stereocenters. The molecule has 0 saturated heterocycles. The number of rotatable bonds is 5. The van der Waals surface area contributed by atoms with Gasteiger partial charge in [-0.3, -0.25) is 9.59 Å². The maximum absolute atomic E-state index is 11.8. The second kappa shape index (κ2) is 5.65. The molecule has 0 fully saturated rings. The second-order valence-electron chi connectivity index (χ2n) is 3.41. The Morgan fingerprint density at radius 1 is 1.53 bits per heavy atom. The van der Waals surface area contributed by atoms with Crippen molar-refractivity contribution in [1.29, 1.82) is 0 Å². The number of carbonyl (C=O) groups is 2. The molecule has 0 aliphatic carbocycles. The third-order valence-electron chi connectivity index (χ3n) is 2.17. The van der Waals surface area contributed by atoms with E-state index in [9.17, 15) is 9.59 Å². The summed E-state index contributed by atoms with van der Waals surface area (Å²) in [4.78, 5) is 22.2. The standard InChI is InChI=1S/C11H12ClNO4/c1-17-6-2-3-7(8(12)4-6)11(16)9(13)5-10(14)15/h2-4,9H,5,13H2,1H3,(H,14,15). The fourth-order valence-corrected chi connectivity index (χ4v) is 1.57. The lowest BCUT2D eigenvalue weighted by Gasteiger charge is -2.10. The van der Waals surface area contributed by atoms with Crippen molar-refractivity contribution in [2.75, 3.05) is 7.11 Å². The van der Waals surface area contributed by atoms with Gasteiger partial charge in [0.05, 0.1) is 24.6 Å². The van der Waals surface area contributed by atoms with Crippen molar-refractivity contribution in [3.8, 4) is 5.75 Å². The molecule has 0 aromatic heterocycles. The minimum atomic E-state index is -1.13. The van der Waals surface area contributed by atoms with Crippen LogP contribution in [0.3, 0.4) is 0 Å². The maximum atomic E-state index is 11.8. The molecular formula is C11H12ClNO4. The molecule has 0 spiro atoms. The van der Waals surface area contributed by atoms with Crippen LogP contribution in [0.25, 0.3) is 0 Å². The number of hydrogen-bond donors (Lipinski definition) is 2. The highest BCUT2D eigenvalue weighted by Gasteiger charge is 2.21. The van der Waals surface area contributed by atoms with Crippen LogP contribution in [0.4, 0.5) is 0 Å². The summed E-state index contributed by atoms with van der Waals surface area (Å²) in [5, 5.41) is 8.74. The van der Waals surface area contributed by atoms with E-state index >= 15 is 0 Å². The van der Waals surface area contributed by atoms with Crippen molar-refractivity contribution in [3.05, 3.63) is 28.8 Å². The quantitative estimate of drug-likeness (QED) is 0.777. The molecule has 6 heteroatoms. The molecule has 0 radical (unpaired) electrons. The Morgan fingerprint density at radius 3 is 2.65 bits per heavy atom. The average molecular weight is 258 g/mol. The summed E-state index contributed by atoms with van der Waals surface area (Å²) >= 11 is 5.88. The average Bonchev–Trinajstić information content (AvgIpc) is 2.27. The topological polar surface area (TPSA) is 89.6 Å². The number of ketones is 1. The van der Waals surface area contributed by atoms with Gasteiger partial charge in [-0.05, 0) is 18.2 Å². The van der Waals surface area contributed by atoms with E-state index in [1.165, 1.54) is 19.2 Å². The van der Waals surface area contributed by atoms with E-state index in [-0.39, 0.29) is 10.6 Å². The zero-order chi connectivity index (χ0) is 13.0. The van der Waals surface area contributed by atoms with Crippen LogP contribution in [-0.4, -0.2) is 30.0 Å². The van der Waals surface area contributed by atoms with E-state index < -0.39 is 24.2 Å². The SMILES string of the molecule is COc1ccc(C(=O)C(N)CC(=O)O)c(Cl)c1. The molecule has 1 rings (SSSR count). The van der Waals surface area contributed by atoms with Gasteiger partial charge in [-0.25, -0.2) is 0 Å². The Labute approximate surface area is 103 Å². The highest BCUT2D eigenvalue weighted by Crippen LogP contribution is 2.23. The largest absolute Gasteiger partial charge is 0.497 e. The van der Waals surface area contributed by atoms with Crippen LogP contribution >= 0.6 is 11.6 Å². The van der Waals surface area contributed by atoms with Crippen LogP contribution in [0, 0.1) is 0 Å². The number of carboxylic acids is 1. The maximum Gasteiger partial charge on any atom is 0.305 e. The molecule has 0 aliphatic rings. The summed E-state index contributed by atoms with van der Waals surface area (Å²) in [6.07, 6.45) is -0.429. The van der Waals surface area contributed by atoms with Crippen LogP contribution in [-0.2, 0) is 4.79 Å². The minimum absolute atomic E-state index is 0.190. The van der Waals surface area contributed by atoms with Gasteiger partial charge in [0.15, 0.2) is 5.78 Å². The second-order valence-corrected chi connectivity index (χ2v) is 3.82.